The van der Waals surface area contributed by atoms with Crippen molar-refractivity contribution in [2.45, 2.75) is 142 Å². The lowest BCUT2D eigenvalue weighted by atomic mass is 10.0. The molecule has 0 spiro atoms. The van der Waals surface area contributed by atoms with Gasteiger partial charge in [-0.15, -0.1) is 0 Å². The lowest BCUT2D eigenvalue weighted by Gasteiger charge is -2.04. The summed E-state index contributed by atoms with van der Waals surface area (Å²) >= 11 is 0. The van der Waals surface area contributed by atoms with Crippen molar-refractivity contribution >= 4 is 11.6 Å². The van der Waals surface area contributed by atoms with E-state index in [9.17, 15) is 9.59 Å². The predicted octanol–water partition coefficient (Wildman–Crippen LogP) is 7.97. The summed E-state index contributed by atoms with van der Waals surface area (Å²) in [6.45, 7) is 4.16. The fourth-order valence-electron chi connectivity index (χ4n) is 3.57. The molecule has 0 radical (unpaired) electrons. The summed E-state index contributed by atoms with van der Waals surface area (Å²) in [5.74, 6) is 0.912. The van der Waals surface area contributed by atoms with Crippen LogP contribution in [0.4, 0.5) is 0 Å². The van der Waals surface area contributed by atoms with Crippen LogP contribution < -0.4 is 0 Å². The lowest BCUT2D eigenvalue weighted by Crippen LogP contribution is -1.96. The van der Waals surface area contributed by atoms with Crippen LogP contribution in [0.1, 0.15) is 142 Å². The molecule has 0 atom stereocenters. The molecule has 2 nitrogen and oxygen atoms in total. The minimum absolute atomic E-state index is 0.456. The van der Waals surface area contributed by atoms with Crippen LogP contribution in [0.5, 0.6) is 0 Å². The summed E-state index contributed by atoms with van der Waals surface area (Å²) in [5.41, 5.74) is 0. The van der Waals surface area contributed by atoms with Crippen molar-refractivity contribution in [2.24, 2.45) is 0 Å². The second-order valence-corrected chi connectivity index (χ2v) is 8.03. The molecular formula is C24H46O2. The quantitative estimate of drug-likeness (QED) is 0.193. The van der Waals surface area contributed by atoms with Crippen LogP contribution in [0.2, 0.25) is 0 Å². The lowest BCUT2D eigenvalue weighted by molar-refractivity contribution is -0.120. The van der Waals surface area contributed by atoms with Crippen molar-refractivity contribution < 1.29 is 9.59 Å². The Morgan fingerprint density at radius 2 is 0.615 bits per heavy atom. The molecule has 0 amide bonds. The Balaban J connectivity index is 3.09. The number of carbonyl (C=O) groups excluding carboxylic acids is 2. The molecule has 26 heavy (non-hydrogen) atoms. The highest BCUT2D eigenvalue weighted by Gasteiger charge is 2.00. The standard InChI is InChI=1S/C24H46O2/c1-3-19-23(25)21-17-15-13-11-9-7-5-6-8-10-12-14-16-18-22-24(26)20-4-2/h3-22H2,1-2H3. The van der Waals surface area contributed by atoms with Crippen LogP contribution in [0, 0.1) is 0 Å². The van der Waals surface area contributed by atoms with Gasteiger partial charge in [0.1, 0.15) is 11.6 Å². The van der Waals surface area contributed by atoms with Gasteiger partial charge in [0.25, 0.3) is 0 Å². The van der Waals surface area contributed by atoms with E-state index >= 15 is 0 Å². The number of ketones is 2. The first-order valence-electron chi connectivity index (χ1n) is 11.7. The van der Waals surface area contributed by atoms with Crippen molar-refractivity contribution in [3.8, 4) is 0 Å². The zero-order valence-electron chi connectivity index (χ0n) is 18.0. The zero-order valence-corrected chi connectivity index (χ0v) is 18.0. The van der Waals surface area contributed by atoms with Gasteiger partial charge in [-0.05, 0) is 25.7 Å². The number of unbranched alkanes of at least 4 members (excludes halogenated alkanes) is 13. The highest BCUT2D eigenvalue weighted by Crippen LogP contribution is 2.14. The Hall–Kier alpha value is -0.660. The van der Waals surface area contributed by atoms with Crippen molar-refractivity contribution in [3.63, 3.8) is 0 Å². The highest BCUT2D eigenvalue weighted by atomic mass is 16.1. The van der Waals surface area contributed by atoms with Gasteiger partial charge in [0.05, 0.1) is 0 Å². The van der Waals surface area contributed by atoms with Gasteiger partial charge in [-0.2, -0.15) is 0 Å². The minimum Gasteiger partial charge on any atom is -0.300 e. The molecule has 0 saturated heterocycles. The van der Waals surface area contributed by atoms with Gasteiger partial charge in [0.2, 0.25) is 0 Å². The van der Waals surface area contributed by atoms with E-state index < -0.39 is 0 Å². The molecule has 0 rings (SSSR count). The van der Waals surface area contributed by atoms with Crippen molar-refractivity contribution in [1.82, 2.24) is 0 Å². The third-order valence-electron chi connectivity index (χ3n) is 5.22. The molecule has 0 heterocycles. The number of rotatable bonds is 21. The van der Waals surface area contributed by atoms with E-state index in [1.54, 1.807) is 0 Å². The molecular weight excluding hydrogens is 320 g/mol. The van der Waals surface area contributed by atoms with Crippen molar-refractivity contribution in [3.05, 3.63) is 0 Å². The summed E-state index contributed by atoms with van der Waals surface area (Å²) in [6.07, 6.45) is 23.4. The Kier molecular flexibility index (Phi) is 20.1. The highest BCUT2D eigenvalue weighted by molar-refractivity contribution is 5.78. The average Bonchev–Trinajstić information content (AvgIpc) is 2.61. The Bertz CT molecular complexity index is 290. The number of hydrogen-bond donors (Lipinski definition) is 0. The molecule has 0 bridgehead atoms. The third-order valence-corrected chi connectivity index (χ3v) is 5.22. The molecule has 0 N–H and O–H groups in total. The largest absolute Gasteiger partial charge is 0.300 e. The third kappa shape index (κ3) is 19.7. The first kappa shape index (κ1) is 25.3. The number of hydrogen-bond acceptors (Lipinski definition) is 2. The molecule has 0 aliphatic rings. The van der Waals surface area contributed by atoms with Gasteiger partial charge in [-0.25, -0.2) is 0 Å². The van der Waals surface area contributed by atoms with Gasteiger partial charge in [0.15, 0.2) is 0 Å². The monoisotopic (exact) mass is 366 g/mol. The van der Waals surface area contributed by atoms with E-state index in [4.69, 9.17) is 0 Å². The molecule has 0 aromatic heterocycles. The molecule has 2 heteroatoms. The van der Waals surface area contributed by atoms with Crippen LogP contribution in [0.15, 0.2) is 0 Å². The van der Waals surface area contributed by atoms with Crippen LogP contribution >= 0.6 is 0 Å². The van der Waals surface area contributed by atoms with Crippen molar-refractivity contribution in [2.75, 3.05) is 0 Å². The second kappa shape index (κ2) is 20.6. The molecule has 0 saturated carbocycles. The molecule has 0 aliphatic carbocycles. The van der Waals surface area contributed by atoms with E-state index in [2.05, 4.69) is 13.8 Å². The minimum atomic E-state index is 0.456. The Labute approximate surface area is 163 Å². The fourth-order valence-corrected chi connectivity index (χ4v) is 3.57. The van der Waals surface area contributed by atoms with Crippen molar-refractivity contribution in [1.29, 1.82) is 0 Å². The maximum atomic E-state index is 11.4. The maximum absolute atomic E-state index is 11.4. The van der Waals surface area contributed by atoms with Crippen LogP contribution in [-0.4, -0.2) is 11.6 Å². The average molecular weight is 367 g/mol. The van der Waals surface area contributed by atoms with E-state index in [0.717, 1.165) is 51.4 Å². The van der Waals surface area contributed by atoms with Gasteiger partial charge >= 0.3 is 0 Å². The normalized spacial score (nSPS) is 11.0. The van der Waals surface area contributed by atoms with Gasteiger partial charge in [-0.3, -0.25) is 9.59 Å². The fraction of sp³-hybridized carbons (Fsp3) is 0.917. The summed E-state index contributed by atoms with van der Waals surface area (Å²) in [6, 6.07) is 0. The van der Waals surface area contributed by atoms with Crippen LogP contribution in [0.3, 0.4) is 0 Å². The van der Waals surface area contributed by atoms with E-state index in [1.165, 1.54) is 77.0 Å². The van der Waals surface area contributed by atoms with Gasteiger partial charge in [-0.1, -0.05) is 90.9 Å². The molecule has 154 valence electrons. The van der Waals surface area contributed by atoms with E-state index in [0.29, 0.717) is 11.6 Å². The topological polar surface area (TPSA) is 34.1 Å². The first-order chi connectivity index (χ1) is 12.7. The zero-order chi connectivity index (χ0) is 19.3. The Morgan fingerprint density at radius 1 is 0.385 bits per heavy atom. The smallest absolute Gasteiger partial charge is 0.132 e. The number of Topliss-reactive ketones (excluding diaryl/α,β-unsaturated/α-hetero) is 2. The number of carbonyl (C=O) groups is 2. The SMILES string of the molecule is CCCC(=O)CCCCCCCCCCCCCCCCC(=O)CCC. The maximum Gasteiger partial charge on any atom is 0.132 e. The van der Waals surface area contributed by atoms with E-state index in [1.807, 2.05) is 0 Å². The first-order valence-corrected chi connectivity index (χ1v) is 11.7. The predicted molar refractivity (Wildman–Crippen MR) is 114 cm³/mol. The molecule has 0 aliphatic heterocycles. The second-order valence-electron chi connectivity index (χ2n) is 8.03. The van der Waals surface area contributed by atoms with Crippen LogP contribution in [0.25, 0.3) is 0 Å². The summed E-state index contributed by atoms with van der Waals surface area (Å²) in [5, 5.41) is 0. The van der Waals surface area contributed by atoms with Crippen LogP contribution in [-0.2, 0) is 9.59 Å². The molecule has 0 fully saturated rings. The molecule has 0 aromatic rings. The molecule has 0 unspecified atom stereocenters. The summed E-state index contributed by atoms with van der Waals surface area (Å²) < 4.78 is 0. The summed E-state index contributed by atoms with van der Waals surface area (Å²) in [4.78, 5) is 22.8. The Morgan fingerprint density at radius 3 is 0.846 bits per heavy atom. The van der Waals surface area contributed by atoms with Gasteiger partial charge < -0.3 is 0 Å². The molecule has 0 aromatic carbocycles. The van der Waals surface area contributed by atoms with E-state index in [-0.39, 0.29) is 0 Å². The van der Waals surface area contributed by atoms with Gasteiger partial charge in [0, 0.05) is 25.7 Å². The summed E-state index contributed by atoms with van der Waals surface area (Å²) in [7, 11) is 0.